The summed E-state index contributed by atoms with van der Waals surface area (Å²) in [7, 11) is 1.74. The average molecular weight is 335 g/mol. The van der Waals surface area contributed by atoms with Gasteiger partial charge in [-0.2, -0.15) is 0 Å². The number of hydrogen-bond acceptors (Lipinski definition) is 4. The van der Waals surface area contributed by atoms with Crippen molar-refractivity contribution in [2.45, 2.75) is 57.9 Å². The minimum atomic E-state index is 0.000951. The summed E-state index contributed by atoms with van der Waals surface area (Å²) in [5.41, 5.74) is 1.21. The van der Waals surface area contributed by atoms with Gasteiger partial charge >= 0.3 is 0 Å². The van der Waals surface area contributed by atoms with Gasteiger partial charge in [-0.05, 0) is 31.7 Å². The van der Waals surface area contributed by atoms with Gasteiger partial charge in [-0.25, -0.2) is 4.98 Å². The number of hydrogen-bond donors (Lipinski definition) is 2. The zero-order chi connectivity index (χ0) is 16.8. The first kappa shape index (κ1) is 17.9. The minimum absolute atomic E-state index is 0.000951. The lowest BCUT2D eigenvalue weighted by Gasteiger charge is -2.41. The van der Waals surface area contributed by atoms with Crippen LogP contribution in [0.2, 0.25) is 0 Å². The van der Waals surface area contributed by atoms with Crippen molar-refractivity contribution < 1.29 is 9.84 Å². The van der Waals surface area contributed by atoms with Gasteiger partial charge in [0.25, 0.3) is 0 Å². The molecular weight excluding hydrogens is 302 g/mol. The number of piperidine rings is 1. The van der Waals surface area contributed by atoms with E-state index in [0.717, 1.165) is 63.7 Å². The topological polar surface area (TPSA) is 61.4 Å². The molecule has 0 aromatic carbocycles. The lowest BCUT2D eigenvalue weighted by atomic mass is 9.78. The van der Waals surface area contributed by atoms with E-state index in [0.29, 0.717) is 0 Å². The third-order valence-electron chi connectivity index (χ3n) is 5.94. The fourth-order valence-corrected chi connectivity index (χ4v) is 4.49. The summed E-state index contributed by atoms with van der Waals surface area (Å²) >= 11 is 0. The minimum Gasteiger partial charge on any atom is -0.396 e. The second kappa shape index (κ2) is 8.45. The molecule has 136 valence electrons. The Morgan fingerprint density at radius 3 is 2.96 bits per heavy atom. The largest absolute Gasteiger partial charge is 0.396 e. The predicted molar refractivity (Wildman–Crippen MR) is 94.8 cm³/mol. The number of H-pyrrole nitrogens is 1. The van der Waals surface area contributed by atoms with Crippen LogP contribution < -0.4 is 0 Å². The molecule has 1 aromatic heterocycles. The predicted octanol–water partition coefficient (Wildman–Crippen LogP) is 2.75. The van der Waals surface area contributed by atoms with Crippen LogP contribution in [0.4, 0.5) is 0 Å². The zero-order valence-corrected chi connectivity index (χ0v) is 15.1. The fourth-order valence-electron chi connectivity index (χ4n) is 4.49. The molecule has 0 radical (unpaired) electrons. The number of aromatic nitrogens is 2. The molecule has 2 heterocycles. The molecule has 2 aliphatic rings. The number of imidazole rings is 1. The number of rotatable bonds is 8. The molecule has 0 bridgehead atoms. The van der Waals surface area contributed by atoms with Crippen molar-refractivity contribution in [1.82, 2.24) is 14.9 Å². The number of methoxy groups -OCH3 is 1. The van der Waals surface area contributed by atoms with Crippen LogP contribution in [0.1, 0.15) is 56.5 Å². The van der Waals surface area contributed by atoms with Gasteiger partial charge in [0.2, 0.25) is 0 Å². The van der Waals surface area contributed by atoms with E-state index in [9.17, 15) is 5.11 Å². The molecule has 1 atom stereocenters. The van der Waals surface area contributed by atoms with Gasteiger partial charge in [0.15, 0.2) is 0 Å². The van der Waals surface area contributed by atoms with E-state index in [1.54, 1.807) is 7.11 Å². The Morgan fingerprint density at radius 1 is 1.38 bits per heavy atom. The molecule has 0 amide bonds. The van der Waals surface area contributed by atoms with E-state index < -0.39 is 0 Å². The van der Waals surface area contributed by atoms with Gasteiger partial charge in [0.05, 0.1) is 6.61 Å². The molecule has 3 rings (SSSR count). The second-order valence-electron chi connectivity index (χ2n) is 7.92. The number of nitrogens with zero attached hydrogens (tertiary/aromatic N) is 2. The smallest absolute Gasteiger partial charge is 0.106 e. The summed E-state index contributed by atoms with van der Waals surface area (Å²) in [6, 6.07) is 0. The third kappa shape index (κ3) is 4.58. The van der Waals surface area contributed by atoms with Crippen LogP contribution in [0.3, 0.4) is 0 Å². The molecule has 1 saturated heterocycles. The highest BCUT2D eigenvalue weighted by molar-refractivity contribution is 5.03. The Labute approximate surface area is 145 Å². The molecule has 0 spiro atoms. The number of ether oxygens (including phenoxy) is 1. The van der Waals surface area contributed by atoms with E-state index >= 15 is 0 Å². The lowest BCUT2D eigenvalue weighted by Crippen LogP contribution is -2.45. The van der Waals surface area contributed by atoms with Crippen molar-refractivity contribution in [3.05, 3.63) is 17.7 Å². The molecule has 2 fully saturated rings. The van der Waals surface area contributed by atoms with Crippen molar-refractivity contribution >= 4 is 0 Å². The van der Waals surface area contributed by atoms with E-state index in [-0.39, 0.29) is 12.0 Å². The Morgan fingerprint density at radius 2 is 2.21 bits per heavy atom. The summed E-state index contributed by atoms with van der Waals surface area (Å²) in [6.07, 6.45) is 11.8. The van der Waals surface area contributed by atoms with Crippen molar-refractivity contribution in [3.8, 4) is 0 Å². The van der Waals surface area contributed by atoms with Crippen LogP contribution in [-0.2, 0) is 17.7 Å². The molecule has 5 nitrogen and oxygen atoms in total. The summed E-state index contributed by atoms with van der Waals surface area (Å²) in [6.45, 7) is 3.94. The van der Waals surface area contributed by atoms with Crippen LogP contribution in [0.5, 0.6) is 0 Å². The highest BCUT2D eigenvalue weighted by Crippen LogP contribution is 2.33. The summed E-state index contributed by atoms with van der Waals surface area (Å²) in [5.74, 6) is 1.98. The van der Waals surface area contributed by atoms with Crippen molar-refractivity contribution in [2.75, 3.05) is 33.4 Å². The number of aromatic amines is 1. The Kier molecular flexibility index (Phi) is 6.31. The van der Waals surface area contributed by atoms with Gasteiger partial charge in [0.1, 0.15) is 5.82 Å². The SMILES string of the molecule is COCCC1(CO)CCCN(Cc2cnc(CC3CCCC3)[nH]2)C1. The number of likely N-dealkylation sites (tertiary alicyclic amines) is 1. The van der Waals surface area contributed by atoms with Gasteiger partial charge in [-0.1, -0.05) is 25.7 Å². The van der Waals surface area contributed by atoms with Crippen molar-refractivity contribution in [2.24, 2.45) is 11.3 Å². The molecule has 1 aromatic rings. The quantitative estimate of drug-likeness (QED) is 0.767. The van der Waals surface area contributed by atoms with Crippen LogP contribution in [0.15, 0.2) is 6.20 Å². The van der Waals surface area contributed by atoms with E-state index in [4.69, 9.17) is 4.74 Å². The fraction of sp³-hybridized carbons (Fsp3) is 0.842. The summed E-state index contributed by atoms with van der Waals surface area (Å²) in [5, 5.41) is 9.91. The van der Waals surface area contributed by atoms with Crippen LogP contribution in [-0.4, -0.2) is 53.4 Å². The van der Waals surface area contributed by atoms with Crippen molar-refractivity contribution in [1.29, 1.82) is 0 Å². The Balaban J connectivity index is 1.54. The van der Waals surface area contributed by atoms with Crippen LogP contribution in [0.25, 0.3) is 0 Å². The Bertz CT molecular complexity index is 499. The van der Waals surface area contributed by atoms with E-state index in [2.05, 4.69) is 14.9 Å². The first-order chi connectivity index (χ1) is 11.7. The van der Waals surface area contributed by atoms with Crippen molar-refractivity contribution in [3.63, 3.8) is 0 Å². The number of nitrogens with one attached hydrogen (secondary N) is 1. The standard InChI is InChI=1S/C19H33N3O2/c1-24-10-8-19(15-23)7-4-9-22(14-19)13-17-12-20-18(21-17)11-16-5-2-3-6-16/h12,16,23H,2-11,13-15H2,1H3,(H,20,21). The maximum absolute atomic E-state index is 9.91. The van der Waals surface area contributed by atoms with Gasteiger partial charge < -0.3 is 14.8 Å². The zero-order valence-electron chi connectivity index (χ0n) is 15.1. The molecule has 5 heteroatoms. The molecule has 1 unspecified atom stereocenters. The highest BCUT2D eigenvalue weighted by atomic mass is 16.5. The highest BCUT2D eigenvalue weighted by Gasteiger charge is 2.34. The average Bonchev–Trinajstić information content (AvgIpc) is 3.26. The molecule has 2 N–H and O–H groups in total. The normalized spacial score (nSPS) is 26.2. The first-order valence-corrected chi connectivity index (χ1v) is 9.58. The number of aliphatic hydroxyl groups excluding tert-OH is 1. The third-order valence-corrected chi connectivity index (χ3v) is 5.94. The molecular formula is C19H33N3O2. The first-order valence-electron chi connectivity index (χ1n) is 9.58. The maximum Gasteiger partial charge on any atom is 0.106 e. The molecule has 1 aliphatic heterocycles. The lowest BCUT2D eigenvalue weighted by molar-refractivity contribution is 0.00440. The monoisotopic (exact) mass is 335 g/mol. The van der Waals surface area contributed by atoms with E-state index in [1.165, 1.54) is 31.4 Å². The van der Waals surface area contributed by atoms with Crippen LogP contribution in [0, 0.1) is 11.3 Å². The maximum atomic E-state index is 9.91. The van der Waals surface area contributed by atoms with Gasteiger partial charge in [0, 0.05) is 50.5 Å². The molecule has 24 heavy (non-hydrogen) atoms. The van der Waals surface area contributed by atoms with Gasteiger partial charge in [-0.3, -0.25) is 4.90 Å². The summed E-state index contributed by atoms with van der Waals surface area (Å²) < 4.78 is 5.25. The van der Waals surface area contributed by atoms with Crippen LogP contribution >= 0.6 is 0 Å². The number of aliphatic hydroxyl groups is 1. The molecule has 1 aliphatic carbocycles. The Hall–Kier alpha value is -0.910. The van der Waals surface area contributed by atoms with E-state index in [1.807, 2.05) is 6.20 Å². The van der Waals surface area contributed by atoms with Gasteiger partial charge in [-0.15, -0.1) is 0 Å². The molecule has 1 saturated carbocycles. The second-order valence-corrected chi connectivity index (χ2v) is 7.92. The summed E-state index contributed by atoms with van der Waals surface area (Å²) in [4.78, 5) is 10.6.